The summed E-state index contributed by atoms with van der Waals surface area (Å²) in [6.07, 6.45) is 0. The summed E-state index contributed by atoms with van der Waals surface area (Å²) in [5.41, 5.74) is 19.3. The minimum atomic E-state index is 0.711. The van der Waals surface area contributed by atoms with Crippen LogP contribution in [0.25, 0.3) is 0 Å². The van der Waals surface area contributed by atoms with Gasteiger partial charge in [0.1, 0.15) is 83.2 Å². The standard InChI is InChI=1S/C10H15N.2C7H12N2.2C6H9NO.2C6H9NS.2C5H9N3.3C4H6N2S.2C3H6N4.C2H3N3S/c1-6-7(2)9(4)11-10(5)8(6)3;1-5-6(2)9(4)7(3)8-5;1-5-6(2)8-9(4)7(5)3;1-4-5(2)8-6(3)7-4;1-4-5(2)7-8-6(4)3;1-4-5(2)8-6(3)7-4;1-4-5(2)7-8-6(4)3;1-4-6-7-5(2)8(4)3;1-4-6-5(2)8(3)7-4;1-3-5-6-4(2)7-3;2*1-3-5-4(2)7-6-3;1-3-4-5-6-7(3)2;1-3-4-6-7(2)5-3;1-2-3-4-5-6-2/h1-5H3;2*1-4H3;6*1-3H3;5*1-2H3;1H3. The maximum absolute atomic E-state index is 5.10. The average molecular weight is 1740 g/mol. The lowest BCUT2D eigenvalue weighted by Crippen LogP contribution is -1.98. The van der Waals surface area contributed by atoms with Gasteiger partial charge in [-0.25, -0.2) is 34.6 Å². The molecule has 0 aliphatic carbocycles. The lowest BCUT2D eigenvalue weighted by molar-refractivity contribution is 0.392. The molecule has 0 atom stereocenters. The first kappa shape index (κ1) is 106. The van der Waals surface area contributed by atoms with Gasteiger partial charge in [0.15, 0.2) is 11.7 Å². The van der Waals surface area contributed by atoms with Crippen LogP contribution in [-0.4, -0.2) is 157 Å². The highest BCUT2D eigenvalue weighted by atomic mass is 32.1. The summed E-state index contributed by atoms with van der Waals surface area (Å²) < 4.78 is 34.8. The molecule has 15 aromatic rings. The molecule has 0 spiro atoms. The topological polar surface area (TPSA) is 391 Å². The second-order valence-corrected chi connectivity index (χ2v) is 33.5. The molecule has 15 aromatic heterocycles. The fourth-order valence-corrected chi connectivity index (χ4v) is 11.8. The summed E-state index contributed by atoms with van der Waals surface area (Å²) >= 11 is 9.15. The lowest BCUT2D eigenvalue weighted by Gasteiger charge is -2.09. The zero-order valence-electron chi connectivity index (χ0n) is 77.6. The number of aromatic nitrogens is 32. The molecule has 0 aliphatic heterocycles. The number of hydrogen-bond donors (Lipinski definition) is 0. The molecule has 0 saturated carbocycles. The quantitative estimate of drug-likeness (QED) is 0.136. The molecule has 40 heteroatoms. The molecule has 0 fully saturated rings. The van der Waals surface area contributed by atoms with Crippen molar-refractivity contribution in [3.05, 3.63) is 200 Å². The van der Waals surface area contributed by atoms with Crippen molar-refractivity contribution >= 4 is 68.8 Å². The Labute approximate surface area is 721 Å². The highest BCUT2D eigenvalue weighted by Gasteiger charge is 2.07. The van der Waals surface area contributed by atoms with E-state index in [1.54, 1.807) is 64.6 Å². The van der Waals surface area contributed by atoms with Crippen LogP contribution in [0.4, 0.5) is 0 Å². The highest BCUT2D eigenvalue weighted by Crippen LogP contribution is 2.18. The second-order valence-electron chi connectivity index (χ2n) is 26.9. The SMILES string of the molecule is Cc1nc(C)c(C)c(C)c1C.Cc1nc(C)c(C)o1.Cc1nc(C)c(C)s1.Cc1nc(C)n(C)c1C.Cc1nc(C)n(C)n1.Cc1nn(C)c(C)c1C.Cc1nnc(C)n1C.Cc1nnc(C)s1.Cc1nnn(C)n1.Cc1nnnn1C.Cc1nnns1.Cc1noc(C)c1C.Cc1nsc(C)c1C.Cc1nsc(C)n1.Cc1nsc(C)n1. The summed E-state index contributed by atoms with van der Waals surface area (Å²) in [6.45, 7) is 71.6. The first-order valence-electron chi connectivity index (χ1n) is 37.3. The van der Waals surface area contributed by atoms with Crippen molar-refractivity contribution in [3.8, 4) is 0 Å². The molecule has 0 bridgehead atoms. The van der Waals surface area contributed by atoms with E-state index in [0.29, 0.717) is 5.82 Å². The average Bonchev–Trinajstić information content (AvgIpc) is 1.74. The van der Waals surface area contributed by atoms with Crippen molar-refractivity contribution in [1.29, 1.82) is 0 Å². The molecule has 118 heavy (non-hydrogen) atoms. The van der Waals surface area contributed by atoms with Crippen molar-refractivity contribution in [2.75, 3.05) is 0 Å². The maximum Gasteiger partial charge on any atom is 0.191 e. The van der Waals surface area contributed by atoms with E-state index in [4.69, 9.17) is 8.94 Å². The van der Waals surface area contributed by atoms with Crippen LogP contribution < -0.4 is 0 Å². The molecule has 0 radical (unpaired) electrons. The van der Waals surface area contributed by atoms with E-state index in [9.17, 15) is 0 Å². The molecule has 646 valence electrons. The van der Waals surface area contributed by atoms with E-state index in [1.165, 1.54) is 105 Å². The molecule has 0 N–H and O–H groups in total. The Morgan fingerprint density at radius 2 is 0.822 bits per heavy atom. The molecule has 0 aliphatic rings. The summed E-state index contributed by atoms with van der Waals surface area (Å²) in [5, 5.41) is 61.9. The zero-order valence-corrected chi connectivity index (χ0v) is 82.5. The van der Waals surface area contributed by atoms with Crippen LogP contribution in [0.3, 0.4) is 0 Å². The van der Waals surface area contributed by atoms with E-state index in [1.807, 2.05) is 204 Å². The fourth-order valence-electron chi connectivity index (χ4n) is 8.49. The van der Waals surface area contributed by atoms with Gasteiger partial charge in [-0.15, -0.1) is 63.5 Å². The van der Waals surface area contributed by atoms with Gasteiger partial charge in [0.05, 0.1) is 46.2 Å². The van der Waals surface area contributed by atoms with Gasteiger partial charge in [-0.1, -0.05) is 9.64 Å². The fraction of sp³-hybridized carbons (Fsp3) is 0.538. The Morgan fingerprint density at radius 1 is 0.271 bits per heavy atom. The van der Waals surface area contributed by atoms with Crippen molar-refractivity contribution in [3.63, 3.8) is 0 Å². The van der Waals surface area contributed by atoms with Crippen molar-refractivity contribution < 1.29 is 8.94 Å². The Kier molecular flexibility index (Phi) is 47.8. The summed E-state index contributed by atoms with van der Waals surface area (Å²) in [7, 11) is 11.4. The van der Waals surface area contributed by atoms with Gasteiger partial charge in [0.25, 0.3) is 0 Å². The minimum absolute atomic E-state index is 0.711. The Balaban J connectivity index is 0.000000633. The zero-order chi connectivity index (χ0) is 90.3. The van der Waals surface area contributed by atoms with Crippen LogP contribution in [0.5, 0.6) is 0 Å². The molecule has 0 saturated heterocycles. The molecule has 15 rings (SSSR count). The predicted octanol–water partition coefficient (Wildman–Crippen LogP) is 16.3. The third-order valence-electron chi connectivity index (χ3n) is 17.4. The van der Waals surface area contributed by atoms with Crippen LogP contribution in [0.15, 0.2) is 8.94 Å². The monoisotopic (exact) mass is 1730 g/mol. The van der Waals surface area contributed by atoms with E-state index in [2.05, 4.69) is 210 Å². The van der Waals surface area contributed by atoms with Crippen LogP contribution in [0, 0.1) is 249 Å². The van der Waals surface area contributed by atoms with E-state index < -0.39 is 0 Å². The van der Waals surface area contributed by atoms with Crippen molar-refractivity contribution in [1.82, 2.24) is 157 Å². The molecule has 0 aromatic carbocycles. The number of hydrogen-bond acceptors (Lipinski definition) is 34. The van der Waals surface area contributed by atoms with Gasteiger partial charge in [-0.2, -0.15) is 28.1 Å². The van der Waals surface area contributed by atoms with Gasteiger partial charge < -0.3 is 18.1 Å². The molecule has 0 amide bonds. The Bertz CT molecular complexity index is 4650. The number of tetrazole rings is 2. The third-order valence-corrected chi connectivity index (χ3v) is 22.0. The van der Waals surface area contributed by atoms with Crippen LogP contribution in [0.1, 0.15) is 200 Å². The van der Waals surface area contributed by atoms with E-state index >= 15 is 0 Å². The first-order valence-corrected chi connectivity index (χ1v) is 42.0. The Morgan fingerprint density at radius 3 is 0.966 bits per heavy atom. The van der Waals surface area contributed by atoms with Crippen LogP contribution >= 0.6 is 68.8 Å². The largest absolute Gasteiger partial charge is 0.446 e. The number of aryl methyl sites for hydroxylation is 32. The summed E-state index contributed by atoms with van der Waals surface area (Å²) in [6, 6.07) is 0. The molecular weight excluding hydrogens is 1610 g/mol. The molecule has 15 heterocycles. The highest BCUT2D eigenvalue weighted by molar-refractivity contribution is 7.11. The number of thiazole rings is 1. The Hall–Kier alpha value is -10.2. The van der Waals surface area contributed by atoms with Crippen molar-refractivity contribution in [2.24, 2.45) is 42.3 Å². The molecule has 0 unspecified atom stereocenters. The van der Waals surface area contributed by atoms with Crippen LogP contribution in [-0.2, 0) is 42.3 Å². The normalized spacial score (nSPS) is 9.78. The number of imidazole rings is 1. The number of pyridine rings is 1. The number of nitrogens with zero attached hydrogens (tertiary/aromatic N) is 32. The first-order chi connectivity index (χ1) is 54.9. The second kappa shape index (κ2) is 53.3. The lowest BCUT2D eigenvalue weighted by atomic mass is 10.0. The van der Waals surface area contributed by atoms with E-state index in [-0.39, 0.29) is 0 Å². The summed E-state index contributed by atoms with van der Waals surface area (Å²) in [4.78, 5) is 33.2. The van der Waals surface area contributed by atoms with E-state index in [0.717, 1.165) is 129 Å². The van der Waals surface area contributed by atoms with Gasteiger partial charge in [-0.3, -0.25) is 14.3 Å². The number of rotatable bonds is 0. The number of oxazole rings is 1. The van der Waals surface area contributed by atoms with Gasteiger partial charge in [0, 0.05) is 91.8 Å². The minimum Gasteiger partial charge on any atom is -0.446 e. The third kappa shape index (κ3) is 40.3. The molecule has 34 nitrogen and oxygen atoms in total. The van der Waals surface area contributed by atoms with Gasteiger partial charge in [-0.05, 0) is 326 Å². The van der Waals surface area contributed by atoms with Gasteiger partial charge in [0.2, 0.25) is 0 Å². The van der Waals surface area contributed by atoms with Crippen molar-refractivity contribution in [2.45, 2.75) is 249 Å². The van der Waals surface area contributed by atoms with Crippen LogP contribution in [0.2, 0.25) is 0 Å². The van der Waals surface area contributed by atoms with Gasteiger partial charge >= 0.3 is 0 Å². The summed E-state index contributed by atoms with van der Waals surface area (Å²) in [5.74, 6) is 10.7. The predicted molar refractivity (Wildman–Crippen MR) is 475 cm³/mol. The molecular formula is C78H126N32O2S6. The maximum atomic E-state index is 5.10. The smallest absolute Gasteiger partial charge is 0.191 e.